The molecule has 1 aliphatic rings. The molecule has 1 N–H and O–H groups in total. The van der Waals surface area contributed by atoms with Crippen LogP contribution in [0.3, 0.4) is 0 Å². The van der Waals surface area contributed by atoms with Crippen LogP contribution in [0.15, 0.2) is 42.0 Å². The van der Waals surface area contributed by atoms with Gasteiger partial charge < -0.3 is 5.32 Å². The van der Waals surface area contributed by atoms with Gasteiger partial charge in [-0.05, 0) is 24.3 Å². The third-order valence-electron chi connectivity index (χ3n) is 4.02. The predicted octanol–water partition coefficient (Wildman–Crippen LogP) is 3.96. The lowest BCUT2D eigenvalue weighted by molar-refractivity contribution is 0.327. The molecule has 0 aliphatic heterocycles. The van der Waals surface area contributed by atoms with E-state index in [1.54, 1.807) is 11.3 Å². The van der Waals surface area contributed by atoms with Crippen LogP contribution in [0.1, 0.15) is 42.0 Å². The second-order valence-electron chi connectivity index (χ2n) is 5.26. The third-order valence-corrected chi connectivity index (χ3v) is 4.80. The molecule has 3 heteroatoms. The summed E-state index contributed by atoms with van der Waals surface area (Å²) < 4.78 is 0. The molecule has 2 nitrogen and oxygen atoms in total. The Morgan fingerprint density at radius 1 is 1.16 bits per heavy atom. The van der Waals surface area contributed by atoms with Gasteiger partial charge in [-0.15, -0.1) is 11.3 Å². The van der Waals surface area contributed by atoms with Crippen LogP contribution in [0, 0.1) is 0 Å². The molecule has 1 aromatic heterocycles. The van der Waals surface area contributed by atoms with Crippen molar-refractivity contribution in [2.75, 3.05) is 0 Å². The largest absolute Gasteiger partial charge is 0.308 e. The van der Waals surface area contributed by atoms with Gasteiger partial charge in [-0.3, -0.25) is 4.98 Å². The fraction of sp³-hybridized carbons (Fsp3) is 0.438. The highest BCUT2D eigenvalue weighted by atomic mass is 32.1. The van der Waals surface area contributed by atoms with E-state index in [9.17, 15) is 0 Å². The van der Waals surface area contributed by atoms with Crippen molar-refractivity contribution in [2.24, 2.45) is 0 Å². The topological polar surface area (TPSA) is 24.9 Å². The number of benzene rings is 1. The van der Waals surface area contributed by atoms with Crippen LogP contribution in [0.5, 0.6) is 0 Å². The molecule has 1 fully saturated rings. The zero-order valence-electron chi connectivity index (χ0n) is 11.1. The van der Waals surface area contributed by atoms with Gasteiger partial charge in [-0.1, -0.05) is 43.2 Å². The quantitative estimate of drug-likeness (QED) is 0.911. The van der Waals surface area contributed by atoms with Crippen LogP contribution in [0.4, 0.5) is 0 Å². The van der Waals surface area contributed by atoms with Gasteiger partial charge in [0.15, 0.2) is 0 Å². The maximum atomic E-state index is 4.14. The minimum absolute atomic E-state index is 0.609. The summed E-state index contributed by atoms with van der Waals surface area (Å²) in [6.45, 7) is 0.957. The Labute approximate surface area is 118 Å². The van der Waals surface area contributed by atoms with E-state index < -0.39 is 0 Å². The van der Waals surface area contributed by atoms with Crippen molar-refractivity contribution in [3.05, 3.63) is 52.5 Å². The lowest BCUT2D eigenvalue weighted by Crippen LogP contribution is -2.36. The van der Waals surface area contributed by atoms with Crippen molar-refractivity contribution in [1.29, 1.82) is 0 Å². The van der Waals surface area contributed by atoms with Crippen molar-refractivity contribution in [2.45, 2.75) is 44.2 Å². The maximum absolute atomic E-state index is 4.14. The fourth-order valence-corrected chi connectivity index (χ4v) is 3.58. The third kappa shape index (κ3) is 3.23. The summed E-state index contributed by atoms with van der Waals surface area (Å²) >= 11 is 1.73. The maximum Gasteiger partial charge on any atom is 0.0794 e. The Balaban J connectivity index is 1.67. The number of rotatable bonds is 4. The molecule has 1 aliphatic carbocycles. The Morgan fingerprint density at radius 3 is 2.79 bits per heavy atom. The van der Waals surface area contributed by atoms with Gasteiger partial charge in [0.05, 0.1) is 5.51 Å². The molecule has 0 saturated heterocycles. The monoisotopic (exact) mass is 272 g/mol. The van der Waals surface area contributed by atoms with E-state index in [4.69, 9.17) is 0 Å². The molecule has 2 aromatic rings. The highest BCUT2D eigenvalue weighted by Gasteiger charge is 2.25. The first-order chi connectivity index (χ1) is 9.43. The molecule has 1 aromatic carbocycles. The highest BCUT2D eigenvalue weighted by Crippen LogP contribution is 2.33. The summed E-state index contributed by atoms with van der Waals surface area (Å²) in [6, 6.07) is 11.6. The molecule has 3 rings (SSSR count). The smallest absolute Gasteiger partial charge is 0.0794 e. The van der Waals surface area contributed by atoms with Crippen molar-refractivity contribution < 1.29 is 0 Å². The lowest BCUT2D eigenvalue weighted by atomic mass is 9.80. The minimum Gasteiger partial charge on any atom is -0.308 e. The summed E-state index contributed by atoms with van der Waals surface area (Å²) in [7, 11) is 0. The molecule has 1 saturated carbocycles. The zero-order chi connectivity index (χ0) is 12.9. The van der Waals surface area contributed by atoms with Crippen molar-refractivity contribution in [1.82, 2.24) is 10.3 Å². The predicted molar refractivity (Wildman–Crippen MR) is 80.4 cm³/mol. The standard InChI is InChI=1S/C16H20N2S/c1-2-6-13(7-3-1)15-8-4-5-9-16(15)18-11-14-10-17-12-19-14/h1-3,6-7,10,12,15-16,18H,4-5,8-9,11H2. The molecule has 2 atom stereocenters. The van der Waals surface area contributed by atoms with E-state index >= 15 is 0 Å². The molecule has 0 amide bonds. The molecular formula is C16H20N2S. The van der Waals surface area contributed by atoms with Crippen molar-refractivity contribution >= 4 is 11.3 Å². The van der Waals surface area contributed by atoms with Gasteiger partial charge in [0.1, 0.15) is 0 Å². The van der Waals surface area contributed by atoms with E-state index in [0.717, 1.165) is 6.54 Å². The van der Waals surface area contributed by atoms with Crippen LogP contribution in [0.25, 0.3) is 0 Å². The van der Waals surface area contributed by atoms with Crippen LogP contribution < -0.4 is 5.32 Å². The fourth-order valence-electron chi connectivity index (χ4n) is 3.04. The summed E-state index contributed by atoms with van der Waals surface area (Å²) in [4.78, 5) is 5.47. The summed E-state index contributed by atoms with van der Waals surface area (Å²) in [5.74, 6) is 0.669. The highest BCUT2D eigenvalue weighted by molar-refractivity contribution is 7.09. The van der Waals surface area contributed by atoms with Crippen molar-refractivity contribution in [3.63, 3.8) is 0 Å². The normalized spacial score (nSPS) is 23.4. The molecule has 19 heavy (non-hydrogen) atoms. The van der Waals surface area contributed by atoms with Crippen molar-refractivity contribution in [3.8, 4) is 0 Å². The van der Waals surface area contributed by atoms with Gasteiger partial charge in [0.25, 0.3) is 0 Å². The molecule has 0 spiro atoms. The van der Waals surface area contributed by atoms with E-state index in [-0.39, 0.29) is 0 Å². The Bertz CT molecular complexity index is 481. The van der Waals surface area contributed by atoms with Gasteiger partial charge in [-0.25, -0.2) is 0 Å². The number of hydrogen-bond acceptors (Lipinski definition) is 3. The first-order valence-electron chi connectivity index (χ1n) is 7.09. The number of aromatic nitrogens is 1. The molecule has 100 valence electrons. The zero-order valence-corrected chi connectivity index (χ0v) is 11.9. The number of nitrogens with zero attached hydrogens (tertiary/aromatic N) is 1. The molecular weight excluding hydrogens is 252 g/mol. The first-order valence-corrected chi connectivity index (χ1v) is 7.97. The molecule has 0 radical (unpaired) electrons. The Hall–Kier alpha value is -1.19. The summed E-state index contributed by atoms with van der Waals surface area (Å²) in [5.41, 5.74) is 3.40. The minimum atomic E-state index is 0.609. The molecule has 0 bridgehead atoms. The van der Waals surface area contributed by atoms with Gasteiger partial charge in [0.2, 0.25) is 0 Å². The average molecular weight is 272 g/mol. The van der Waals surface area contributed by atoms with E-state index in [1.807, 2.05) is 11.7 Å². The summed E-state index contributed by atoms with van der Waals surface area (Å²) in [6.07, 6.45) is 7.28. The van der Waals surface area contributed by atoms with Crippen LogP contribution in [-0.2, 0) is 6.54 Å². The molecule has 1 heterocycles. The summed E-state index contributed by atoms with van der Waals surface area (Å²) in [5, 5.41) is 3.74. The van der Waals surface area contributed by atoms with Gasteiger partial charge in [0, 0.05) is 23.7 Å². The first kappa shape index (κ1) is 12.8. The molecule has 2 unspecified atom stereocenters. The number of nitrogens with one attached hydrogen (secondary N) is 1. The second kappa shape index (κ2) is 6.31. The SMILES string of the molecule is c1ccc(C2CCCCC2NCc2cncs2)cc1. The van der Waals surface area contributed by atoms with Crippen LogP contribution >= 0.6 is 11.3 Å². The number of thiazole rings is 1. The van der Waals surface area contributed by atoms with Gasteiger partial charge in [-0.2, -0.15) is 0 Å². The van der Waals surface area contributed by atoms with E-state index in [1.165, 1.54) is 36.1 Å². The Morgan fingerprint density at radius 2 is 2.00 bits per heavy atom. The lowest BCUT2D eigenvalue weighted by Gasteiger charge is -2.32. The Kier molecular flexibility index (Phi) is 4.26. The van der Waals surface area contributed by atoms with E-state index in [2.05, 4.69) is 40.6 Å². The van der Waals surface area contributed by atoms with Crippen LogP contribution in [-0.4, -0.2) is 11.0 Å². The number of hydrogen-bond donors (Lipinski definition) is 1. The van der Waals surface area contributed by atoms with E-state index in [0.29, 0.717) is 12.0 Å². The van der Waals surface area contributed by atoms with Crippen LogP contribution in [0.2, 0.25) is 0 Å². The average Bonchev–Trinajstić information content (AvgIpc) is 3.00. The van der Waals surface area contributed by atoms with Gasteiger partial charge >= 0.3 is 0 Å². The second-order valence-corrected chi connectivity index (χ2v) is 6.23.